The predicted molar refractivity (Wildman–Crippen MR) is 255 cm³/mol. The fraction of sp³-hybridized carbons (Fsp3) is 0.811. The number of hydrogen-bond acceptors (Lipinski definition) is 5. The monoisotopic (exact) mass is 828 g/mol. The number of carbonyl (C=O) groups excluding carboxylic acids is 2. The Morgan fingerprint density at radius 2 is 0.915 bits per heavy atom. The van der Waals surface area contributed by atoms with Crippen molar-refractivity contribution >= 4 is 11.9 Å². The number of rotatable bonds is 45. The highest BCUT2D eigenvalue weighted by Gasteiger charge is 2.24. The summed E-state index contributed by atoms with van der Waals surface area (Å²) in [6.07, 6.45) is 56.0. The zero-order valence-corrected chi connectivity index (χ0v) is 39.1. The van der Waals surface area contributed by atoms with E-state index in [1.165, 1.54) is 135 Å². The first-order valence-corrected chi connectivity index (χ1v) is 25.4. The molecule has 6 heteroatoms. The lowest BCUT2D eigenvalue weighted by Crippen LogP contribution is -2.46. The topological polar surface area (TPSA) is 95.9 Å². The molecule has 0 aromatic heterocycles. The maximum Gasteiger partial charge on any atom is 0.306 e. The van der Waals surface area contributed by atoms with Crippen LogP contribution in [-0.4, -0.2) is 46.9 Å². The number of allylic oxidation sites excluding steroid dienone is 8. The SMILES string of the molecule is CC/C=C/C=C/C=C\C=C/CCCCCC(=O)OC(CCCCCCCCCCCC)CC(=O)NC(CO)C(O)CCCCCCCCCCCCCCCCCCC. The summed E-state index contributed by atoms with van der Waals surface area (Å²) in [6, 6.07) is -0.707. The molecule has 0 aliphatic heterocycles. The van der Waals surface area contributed by atoms with Crippen LogP contribution in [0.25, 0.3) is 0 Å². The molecule has 3 unspecified atom stereocenters. The van der Waals surface area contributed by atoms with Gasteiger partial charge in [-0.25, -0.2) is 0 Å². The van der Waals surface area contributed by atoms with Crippen LogP contribution in [0.2, 0.25) is 0 Å². The van der Waals surface area contributed by atoms with E-state index in [9.17, 15) is 19.8 Å². The van der Waals surface area contributed by atoms with Crippen LogP contribution in [0.1, 0.15) is 252 Å². The third-order valence-electron chi connectivity index (χ3n) is 11.5. The Balaban J connectivity index is 4.49. The highest BCUT2D eigenvalue weighted by Crippen LogP contribution is 2.18. The number of nitrogens with one attached hydrogen (secondary N) is 1. The molecule has 0 bridgehead atoms. The quantitative estimate of drug-likeness (QED) is 0.0323. The third kappa shape index (κ3) is 42.3. The summed E-state index contributed by atoms with van der Waals surface area (Å²) in [4.78, 5) is 26.0. The highest BCUT2D eigenvalue weighted by molar-refractivity contribution is 5.77. The van der Waals surface area contributed by atoms with Crippen LogP contribution in [0.3, 0.4) is 0 Å². The van der Waals surface area contributed by atoms with Gasteiger partial charge in [-0.05, 0) is 44.9 Å². The molecule has 3 atom stereocenters. The van der Waals surface area contributed by atoms with E-state index in [1.807, 2.05) is 24.3 Å². The number of hydrogen-bond donors (Lipinski definition) is 3. The Kier molecular flexibility index (Phi) is 45.1. The Bertz CT molecular complexity index is 1020. The second-order valence-electron chi connectivity index (χ2n) is 17.3. The maximum atomic E-state index is 13.2. The van der Waals surface area contributed by atoms with Gasteiger partial charge in [-0.3, -0.25) is 9.59 Å². The van der Waals surface area contributed by atoms with Crippen molar-refractivity contribution in [3.8, 4) is 0 Å². The number of esters is 1. The normalized spacial score (nSPS) is 13.6. The van der Waals surface area contributed by atoms with Crippen LogP contribution >= 0.6 is 0 Å². The van der Waals surface area contributed by atoms with Gasteiger partial charge in [0, 0.05) is 6.42 Å². The molecule has 0 aliphatic carbocycles. The number of amides is 1. The van der Waals surface area contributed by atoms with Crippen molar-refractivity contribution in [2.24, 2.45) is 0 Å². The van der Waals surface area contributed by atoms with Gasteiger partial charge in [0.2, 0.25) is 5.91 Å². The van der Waals surface area contributed by atoms with Crippen LogP contribution in [0.4, 0.5) is 0 Å². The van der Waals surface area contributed by atoms with Crippen LogP contribution in [0.5, 0.6) is 0 Å². The van der Waals surface area contributed by atoms with Gasteiger partial charge >= 0.3 is 5.97 Å². The van der Waals surface area contributed by atoms with Gasteiger partial charge in [0.25, 0.3) is 0 Å². The fourth-order valence-electron chi connectivity index (χ4n) is 7.68. The number of ether oxygens (including phenoxy) is 1. The van der Waals surface area contributed by atoms with Crippen molar-refractivity contribution in [2.45, 2.75) is 270 Å². The Labute approximate surface area is 366 Å². The minimum absolute atomic E-state index is 0.0634. The Hall–Kier alpha value is -2.18. The lowest BCUT2D eigenvalue weighted by molar-refractivity contribution is -0.151. The summed E-state index contributed by atoms with van der Waals surface area (Å²) in [5.41, 5.74) is 0. The molecule has 3 N–H and O–H groups in total. The van der Waals surface area contributed by atoms with Crippen molar-refractivity contribution in [1.29, 1.82) is 0 Å². The molecule has 0 rings (SSSR count). The highest BCUT2D eigenvalue weighted by atomic mass is 16.5. The Morgan fingerprint density at radius 3 is 1.37 bits per heavy atom. The van der Waals surface area contributed by atoms with Gasteiger partial charge in [-0.15, -0.1) is 0 Å². The van der Waals surface area contributed by atoms with Crippen LogP contribution in [0.15, 0.2) is 48.6 Å². The molecule has 0 aromatic carbocycles. The summed E-state index contributed by atoms with van der Waals surface area (Å²) in [5.74, 6) is -0.515. The molecule has 1 amide bonds. The number of aliphatic hydroxyl groups is 2. The van der Waals surface area contributed by atoms with Crippen molar-refractivity contribution < 1.29 is 24.5 Å². The van der Waals surface area contributed by atoms with E-state index in [2.05, 4.69) is 50.4 Å². The molecule has 0 fully saturated rings. The van der Waals surface area contributed by atoms with E-state index < -0.39 is 18.2 Å². The number of carbonyl (C=O) groups is 2. The lowest BCUT2D eigenvalue weighted by atomic mass is 10.0. The van der Waals surface area contributed by atoms with Gasteiger partial charge in [0.1, 0.15) is 6.10 Å². The largest absolute Gasteiger partial charge is 0.462 e. The molecule has 59 heavy (non-hydrogen) atoms. The van der Waals surface area contributed by atoms with Crippen molar-refractivity contribution in [3.05, 3.63) is 48.6 Å². The first kappa shape index (κ1) is 56.8. The van der Waals surface area contributed by atoms with Gasteiger partial charge < -0.3 is 20.3 Å². The number of aliphatic hydroxyl groups excluding tert-OH is 2. The molecule has 0 saturated heterocycles. The van der Waals surface area contributed by atoms with Gasteiger partial charge in [-0.2, -0.15) is 0 Å². The second kappa shape index (κ2) is 46.9. The summed E-state index contributed by atoms with van der Waals surface area (Å²) in [5, 5.41) is 23.8. The van der Waals surface area contributed by atoms with Crippen molar-refractivity contribution in [3.63, 3.8) is 0 Å². The molecule has 0 aromatic rings. The zero-order chi connectivity index (χ0) is 43.1. The molecule has 0 aliphatic rings. The molecule has 6 nitrogen and oxygen atoms in total. The van der Waals surface area contributed by atoms with Crippen LogP contribution in [0, 0.1) is 0 Å². The standard InChI is InChI=1S/C53H97NO5/c1-4-7-10-13-16-19-22-24-25-26-27-29-30-33-36-39-42-45-51(56)50(48-55)54-52(57)47-49(44-41-38-35-32-21-18-15-12-9-6-3)59-53(58)46-43-40-37-34-31-28-23-20-17-14-11-8-5-2/h8,11,14,17,20,23,28,31,49-51,55-56H,4-7,9-10,12-13,15-16,18-19,21-22,24-27,29-30,32-48H2,1-3H3,(H,54,57)/b11-8+,17-14+,23-20-,31-28-. The van der Waals surface area contributed by atoms with E-state index >= 15 is 0 Å². The number of unbranched alkanes of at least 4 members (excludes halogenated alkanes) is 28. The van der Waals surface area contributed by atoms with E-state index in [1.54, 1.807) is 0 Å². The second-order valence-corrected chi connectivity index (χ2v) is 17.3. The fourth-order valence-corrected chi connectivity index (χ4v) is 7.68. The molecule has 0 saturated carbocycles. The maximum absolute atomic E-state index is 13.2. The van der Waals surface area contributed by atoms with E-state index in [4.69, 9.17) is 4.74 Å². The first-order chi connectivity index (χ1) is 29.0. The molecule has 344 valence electrons. The van der Waals surface area contributed by atoms with E-state index in [-0.39, 0.29) is 24.9 Å². The van der Waals surface area contributed by atoms with Crippen LogP contribution < -0.4 is 5.32 Å². The average Bonchev–Trinajstić information content (AvgIpc) is 3.23. The zero-order valence-electron chi connectivity index (χ0n) is 39.1. The van der Waals surface area contributed by atoms with Gasteiger partial charge in [0.05, 0.1) is 25.2 Å². The average molecular weight is 828 g/mol. The minimum atomic E-state index is -0.793. The molecular formula is C53H97NO5. The molecule has 0 heterocycles. The summed E-state index contributed by atoms with van der Waals surface area (Å²) in [7, 11) is 0. The molecule has 0 radical (unpaired) electrons. The first-order valence-electron chi connectivity index (χ1n) is 25.4. The molecule has 0 spiro atoms. The molecular weight excluding hydrogens is 731 g/mol. The predicted octanol–water partition coefficient (Wildman–Crippen LogP) is 15.1. The van der Waals surface area contributed by atoms with Crippen molar-refractivity contribution in [1.82, 2.24) is 5.32 Å². The van der Waals surface area contributed by atoms with Crippen LogP contribution in [-0.2, 0) is 14.3 Å². The van der Waals surface area contributed by atoms with Gasteiger partial charge in [-0.1, -0.05) is 243 Å². The smallest absolute Gasteiger partial charge is 0.306 e. The third-order valence-corrected chi connectivity index (χ3v) is 11.5. The van der Waals surface area contributed by atoms with E-state index in [0.29, 0.717) is 19.3 Å². The van der Waals surface area contributed by atoms with Crippen molar-refractivity contribution in [2.75, 3.05) is 6.61 Å². The van der Waals surface area contributed by atoms with Gasteiger partial charge in [0.15, 0.2) is 0 Å². The lowest BCUT2D eigenvalue weighted by Gasteiger charge is -2.24. The van der Waals surface area contributed by atoms with E-state index in [0.717, 1.165) is 70.6 Å². The summed E-state index contributed by atoms with van der Waals surface area (Å²) < 4.78 is 5.89. The summed E-state index contributed by atoms with van der Waals surface area (Å²) >= 11 is 0. The minimum Gasteiger partial charge on any atom is -0.462 e. The summed E-state index contributed by atoms with van der Waals surface area (Å²) in [6.45, 7) is 6.34. The Morgan fingerprint density at radius 1 is 0.508 bits per heavy atom.